The second-order valence-corrected chi connectivity index (χ2v) is 6.69. The number of nitrogens with two attached hydrogens (primary N) is 1. The van der Waals surface area contributed by atoms with E-state index < -0.39 is 10.0 Å². The molecule has 0 aliphatic rings. The van der Waals surface area contributed by atoms with E-state index in [2.05, 4.69) is 0 Å². The molecule has 0 spiro atoms. The third-order valence-electron chi connectivity index (χ3n) is 3.18. The van der Waals surface area contributed by atoms with Crippen molar-refractivity contribution >= 4 is 15.7 Å². The van der Waals surface area contributed by atoms with Gasteiger partial charge in [-0.3, -0.25) is 0 Å². The number of rotatable bonds is 7. The topological polar surface area (TPSA) is 96.4 Å². The van der Waals surface area contributed by atoms with Gasteiger partial charge in [0.2, 0.25) is 10.0 Å². The number of methoxy groups -OCH3 is 1. The average molecular weight is 311 g/mol. The summed E-state index contributed by atoms with van der Waals surface area (Å²) in [5, 5.41) is 8.70. The molecule has 0 aliphatic heterocycles. The van der Waals surface area contributed by atoms with Gasteiger partial charge >= 0.3 is 0 Å². The Kier molecular flexibility index (Phi) is 6.15. The Hall–Kier alpha value is -1.62. The quantitative estimate of drug-likeness (QED) is 0.768. The molecule has 0 fully saturated rings. The molecule has 0 atom stereocenters. The molecule has 2 N–H and O–H groups in total. The van der Waals surface area contributed by atoms with Crippen molar-refractivity contribution in [2.24, 2.45) is 0 Å². The number of hydrogen-bond donors (Lipinski definition) is 1. The maximum Gasteiger partial charge on any atom is 0.243 e. The zero-order valence-corrected chi connectivity index (χ0v) is 13.4. The van der Waals surface area contributed by atoms with Crippen molar-refractivity contribution in [3.63, 3.8) is 0 Å². The molecule has 1 aromatic carbocycles. The number of nitriles is 1. The lowest BCUT2D eigenvalue weighted by Gasteiger charge is -2.22. The van der Waals surface area contributed by atoms with Crippen LogP contribution in [0.5, 0.6) is 0 Å². The van der Waals surface area contributed by atoms with E-state index in [0.29, 0.717) is 11.3 Å². The van der Waals surface area contributed by atoms with Crippen LogP contribution in [0, 0.1) is 25.2 Å². The molecule has 0 amide bonds. The summed E-state index contributed by atoms with van der Waals surface area (Å²) in [4.78, 5) is 0.189. The maximum atomic E-state index is 12.8. The van der Waals surface area contributed by atoms with Crippen molar-refractivity contribution in [1.82, 2.24) is 4.31 Å². The Morgan fingerprint density at radius 1 is 1.33 bits per heavy atom. The molecule has 0 aliphatic carbocycles. The Balaban J connectivity index is 3.25. The number of sulfonamides is 1. The predicted octanol–water partition coefficient (Wildman–Crippen LogP) is 1.44. The molecule has 1 rings (SSSR count). The largest absolute Gasteiger partial charge is 0.398 e. The Labute approximate surface area is 126 Å². The van der Waals surface area contributed by atoms with Crippen molar-refractivity contribution in [2.75, 3.05) is 32.5 Å². The molecule has 0 saturated heterocycles. The van der Waals surface area contributed by atoms with Crippen molar-refractivity contribution in [1.29, 1.82) is 5.26 Å². The molecule has 0 heterocycles. The molecule has 1 aromatic rings. The lowest BCUT2D eigenvalue weighted by molar-refractivity contribution is 0.179. The summed E-state index contributed by atoms with van der Waals surface area (Å²) in [6, 6.07) is 5.31. The van der Waals surface area contributed by atoms with Gasteiger partial charge < -0.3 is 10.5 Å². The Morgan fingerprint density at radius 2 is 2.00 bits per heavy atom. The van der Waals surface area contributed by atoms with Gasteiger partial charge in [0.25, 0.3) is 0 Å². The van der Waals surface area contributed by atoms with E-state index >= 15 is 0 Å². The highest BCUT2D eigenvalue weighted by Crippen LogP contribution is 2.26. The number of ether oxygens (including phenoxy) is 1. The number of anilines is 1. The van der Waals surface area contributed by atoms with Crippen LogP contribution in [0.25, 0.3) is 0 Å². The molecule has 0 bridgehead atoms. The van der Waals surface area contributed by atoms with Gasteiger partial charge in [0.05, 0.1) is 17.6 Å². The molecule has 116 valence electrons. The van der Waals surface area contributed by atoms with Gasteiger partial charge in [-0.15, -0.1) is 0 Å². The van der Waals surface area contributed by atoms with Crippen LogP contribution in [-0.4, -0.2) is 39.5 Å². The predicted molar refractivity (Wildman–Crippen MR) is 81.2 cm³/mol. The van der Waals surface area contributed by atoms with Gasteiger partial charge in [-0.25, -0.2) is 8.42 Å². The first kappa shape index (κ1) is 17.4. The fourth-order valence-electron chi connectivity index (χ4n) is 1.98. The summed E-state index contributed by atoms with van der Waals surface area (Å²) in [5.74, 6) is 0. The van der Waals surface area contributed by atoms with E-state index in [1.54, 1.807) is 26.0 Å². The van der Waals surface area contributed by atoms with Crippen LogP contribution in [0.4, 0.5) is 5.69 Å². The summed E-state index contributed by atoms with van der Waals surface area (Å²) in [6.45, 7) is 4.08. The summed E-state index contributed by atoms with van der Waals surface area (Å²) in [7, 11) is -2.19. The molecular formula is C14H21N3O3S. The highest BCUT2D eigenvalue weighted by molar-refractivity contribution is 7.89. The van der Waals surface area contributed by atoms with Gasteiger partial charge in [0.1, 0.15) is 0 Å². The minimum Gasteiger partial charge on any atom is -0.398 e. The zero-order valence-electron chi connectivity index (χ0n) is 12.6. The molecule has 0 radical (unpaired) electrons. The minimum atomic E-state index is -3.70. The van der Waals surface area contributed by atoms with Crippen LogP contribution >= 0.6 is 0 Å². The van der Waals surface area contributed by atoms with Crippen molar-refractivity contribution in [3.05, 3.63) is 23.3 Å². The van der Waals surface area contributed by atoms with E-state index in [-0.39, 0.29) is 31.0 Å². The monoisotopic (exact) mass is 311 g/mol. The number of benzene rings is 1. The van der Waals surface area contributed by atoms with Crippen LogP contribution < -0.4 is 5.73 Å². The molecule has 0 unspecified atom stereocenters. The summed E-state index contributed by atoms with van der Waals surface area (Å²) < 4.78 is 31.8. The van der Waals surface area contributed by atoms with Crippen LogP contribution in [0.3, 0.4) is 0 Å². The maximum absolute atomic E-state index is 12.8. The van der Waals surface area contributed by atoms with Gasteiger partial charge in [0, 0.05) is 32.3 Å². The van der Waals surface area contributed by atoms with E-state index in [0.717, 1.165) is 5.56 Å². The standard InChI is InChI=1S/C14H21N3O3S/c1-11-9-13(16)12(2)14(10-11)21(18,19)17(6-4-5-15)7-8-20-3/h9-10H,4,6-8,16H2,1-3H3. The van der Waals surface area contributed by atoms with Gasteiger partial charge in [0.15, 0.2) is 0 Å². The molecule has 7 heteroatoms. The number of nitrogen functional groups attached to an aromatic ring is 1. The molecule has 0 saturated carbocycles. The smallest absolute Gasteiger partial charge is 0.243 e. The second-order valence-electron chi connectivity index (χ2n) is 4.78. The summed E-state index contributed by atoms with van der Waals surface area (Å²) >= 11 is 0. The fraction of sp³-hybridized carbons (Fsp3) is 0.500. The van der Waals surface area contributed by atoms with E-state index in [4.69, 9.17) is 15.7 Å². The van der Waals surface area contributed by atoms with Crippen LogP contribution in [0.15, 0.2) is 17.0 Å². The molecular weight excluding hydrogens is 290 g/mol. The van der Waals surface area contributed by atoms with Gasteiger partial charge in [-0.05, 0) is 37.1 Å². The van der Waals surface area contributed by atoms with Crippen LogP contribution in [0.1, 0.15) is 17.5 Å². The van der Waals surface area contributed by atoms with E-state index in [1.807, 2.05) is 6.07 Å². The van der Waals surface area contributed by atoms with Gasteiger partial charge in [-0.1, -0.05) is 0 Å². The lowest BCUT2D eigenvalue weighted by Crippen LogP contribution is -2.35. The second kappa shape index (κ2) is 7.41. The van der Waals surface area contributed by atoms with Crippen molar-refractivity contribution in [2.45, 2.75) is 25.2 Å². The highest BCUT2D eigenvalue weighted by Gasteiger charge is 2.26. The number of nitrogens with zero attached hydrogens (tertiary/aromatic N) is 2. The van der Waals surface area contributed by atoms with Crippen LogP contribution in [0.2, 0.25) is 0 Å². The normalized spacial score (nSPS) is 11.6. The first-order chi connectivity index (χ1) is 9.84. The Morgan fingerprint density at radius 3 is 2.57 bits per heavy atom. The van der Waals surface area contributed by atoms with Crippen molar-refractivity contribution < 1.29 is 13.2 Å². The SMILES string of the molecule is COCCN(CCC#N)S(=O)(=O)c1cc(C)cc(N)c1C. The van der Waals surface area contributed by atoms with E-state index in [1.165, 1.54) is 11.4 Å². The first-order valence-electron chi connectivity index (χ1n) is 6.57. The summed E-state index contributed by atoms with van der Waals surface area (Å²) in [5.41, 5.74) is 7.61. The number of hydrogen-bond acceptors (Lipinski definition) is 5. The molecule has 6 nitrogen and oxygen atoms in total. The number of aryl methyl sites for hydroxylation is 1. The third kappa shape index (κ3) is 4.17. The zero-order chi connectivity index (χ0) is 16.0. The molecule has 21 heavy (non-hydrogen) atoms. The minimum absolute atomic E-state index is 0.128. The lowest BCUT2D eigenvalue weighted by atomic mass is 10.1. The first-order valence-corrected chi connectivity index (χ1v) is 8.01. The van der Waals surface area contributed by atoms with Crippen molar-refractivity contribution in [3.8, 4) is 6.07 Å². The summed E-state index contributed by atoms with van der Waals surface area (Å²) in [6.07, 6.45) is 0.128. The van der Waals surface area contributed by atoms with E-state index in [9.17, 15) is 8.42 Å². The highest BCUT2D eigenvalue weighted by atomic mass is 32.2. The van der Waals surface area contributed by atoms with Gasteiger partial charge in [-0.2, -0.15) is 9.57 Å². The fourth-order valence-corrected chi connectivity index (χ4v) is 3.74. The Bertz CT molecular complexity index is 636. The third-order valence-corrected chi connectivity index (χ3v) is 5.21. The average Bonchev–Trinajstić information content (AvgIpc) is 2.42. The van der Waals surface area contributed by atoms with Crippen LogP contribution in [-0.2, 0) is 14.8 Å². The molecule has 0 aromatic heterocycles.